The smallest absolute Gasteiger partial charge is 0.129 e. The van der Waals surface area contributed by atoms with Crippen molar-refractivity contribution in [3.63, 3.8) is 0 Å². The van der Waals surface area contributed by atoms with Crippen LogP contribution in [0.3, 0.4) is 0 Å². The first-order valence-electron chi connectivity index (χ1n) is 9.29. The van der Waals surface area contributed by atoms with E-state index in [2.05, 4.69) is 30.1 Å². The normalized spacial score (nSPS) is 16.6. The molecule has 0 bridgehead atoms. The van der Waals surface area contributed by atoms with Gasteiger partial charge in [0, 0.05) is 23.7 Å². The number of nitrogens with zero attached hydrogens (tertiary/aromatic N) is 1. The SMILES string of the molecule is CCN(CC)CCOc1ccc2c(c1)CCNC2c1c(F)cccc1Cl. The first-order chi connectivity index (χ1) is 12.6. The van der Waals surface area contributed by atoms with E-state index in [-0.39, 0.29) is 11.9 Å². The fourth-order valence-electron chi connectivity index (χ4n) is 3.51. The Morgan fingerprint density at radius 1 is 1.23 bits per heavy atom. The number of rotatable bonds is 7. The molecule has 0 radical (unpaired) electrons. The van der Waals surface area contributed by atoms with Crippen molar-refractivity contribution >= 4 is 11.6 Å². The number of likely N-dealkylation sites (N-methyl/N-ethyl adjacent to an activating group) is 1. The van der Waals surface area contributed by atoms with E-state index in [0.29, 0.717) is 17.2 Å². The Morgan fingerprint density at radius 3 is 2.77 bits per heavy atom. The summed E-state index contributed by atoms with van der Waals surface area (Å²) < 4.78 is 20.3. The largest absolute Gasteiger partial charge is 0.492 e. The van der Waals surface area contributed by atoms with E-state index in [1.54, 1.807) is 12.1 Å². The van der Waals surface area contributed by atoms with E-state index in [4.69, 9.17) is 16.3 Å². The number of hydrogen-bond acceptors (Lipinski definition) is 3. The Morgan fingerprint density at radius 2 is 2.04 bits per heavy atom. The summed E-state index contributed by atoms with van der Waals surface area (Å²) in [6, 6.07) is 10.7. The predicted octanol–water partition coefficient (Wildman–Crippen LogP) is 4.43. The Bertz CT molecular complexity index is 729. The summed E-state index contributed by atoms with van der Waals surface area (Å²) in [5.74, 6) is 0.596. The van der Waals surface area contributed by atoms with Gasteiger partial charge >= 0.3 is 0 Å². The van der Waals surface area contributed by atoms with Crippen LogP contribution in [0.4, 0.5) is 4.39 Å². The molecule has 0 spiro atoms. The van der Waals surface area contributed by atoms with Gasteiger partial charge in [-0.25, -0.2) is 4.39 Å². The van der Waals surface area contributed by atoms with Gasteiger partial charge in [0.25, 0.3) is 0 Å². The maximum Gasteiger partial charge on any atom is 0.129 e. The average Bonchev–Trinajstić information content (AvgIpc) is 2.65. The van der Waals surface area contributed by atoms with E-state index in [9.17, 15) is 4.39 Å². The topological polar surface area (TPSA) is 24.5 Å². The number of benzene rings is 2. The number of hydrogen-bond donors (Lipinski definition) is 1. The molecule has 3 nitrogen and oxygen atoms in total. The van der Waals surface area contributed by atoms with Crippen molar-refractivity contribution in [3.8, 4) is 5.75 Å². The molecule has 1 N–H and O–H groups in total. The summed E-state index contributed by atoms with van der Waals surface area (Å²) in [7, 11) is 0. The third-order valence-corrected chi connectivity index (χ3v) is 5.36. The number of halogens is 2. The van der Waals surface area contributed by atoms with Crippen molar-refractivity contribution in [2.75, 3.05) is 32.8 Å². The zero-order valence-electron chi connectivity index (χ0n) is 15.4. The molecule has 0 saturated heterocycles. The highest BCUT2D eigenvalue weighted by Gasteiger charge is 2.26. The van der Waals surface area contributed by atoms with Crippen molar-refractivity contribution in [3.05, 3.63) is 63.9 Å². The lowest BCUT2D eigenvalue weighted by atomic mass is 9.89. The maximum atomic E-state index is 14.4. The van der Waals surface area contributed by atoms with Crippen molar-refractivity contribution in [2.45, 2.75) is 26.3 Å². The molecule has 1 aliphatic heterocycles. The van der Waals surface area contributed by atoms with Crippen LogP contribution in [0.5, 0.6) is 5.75 Å². The van der Waals surface area contributed by atoms with E-state index in [1.165, 1.54) is 11.6 Å². The van der Waals surface area contributed by atoms with Crippen molar-refractivity contribution in [1.29, 1.82) is 0 Å². The monoisotopic (exact) mass is 376 g/mol. The summed E-state index contributed by atoms with van der Waals surface area (Å²) in [5, 5.41) is 3.85. The Labute approximate surface area is 160 Å². The first kappa shape index (κ1) is 19.2. The Balaban J connectivity index is 1.77. The van der Waals surface area contributed by atoms with Gasteiger partial charge in [-0.1, -0.05) is 37.6 Å². The fourth-order valence-corrected chi connectivity index (χ4v) is 3.78. The molecule has 2 aromatic rings. The summed E-state index contributed by atoms with van der Waals surface area (Å²) in [4.78, 5) is 2.33. The van der Waals surface area contributed by atoms with Gasteiger partial charge in [0.05, 0.1) is 6.04 Å². The summed E-state index contributed by atoms with van der Waals surface area (Å²) in [6.07, 6.45) is 0.894. The van der Waals surface area contributed by atoms with E-state index >= 15 is 0 Å². The van der Waals surface area contributed by atoms with Crippen LogP contribution in [0.2, 0.25) is 5.02 Å². The predicted molar refractivity (Wildman–Crippen MR) is 105 cm³/mol. The van der Waals surface area contributed by atoms with Gasteiger partial charge in [-0.2, -0.15) is 0 Å². The van der Waals surface area contributed by atoms with Gasteiger partial charge in [0.1, 0.15) is 18.2 Å². The highest BCUT2D eigenvalue weighted by atomic mass is 35.5. The lowest BCUT2D eigenvalue weighted by Crippen LogP contribution is -2.31. The summed E-state index contributed by atoms with van der Waals surface area (Å²) >= 11 is 6.28. The molecule has 2 aromatic carbocycles. The molecule has 0 amide bonds. The van der Waals surface area contributed by atoms with Crippen molar-refractivity contribution in [2.24, 2.45) is 0 Å². The highest BCUT2D eigenvalue weighted by Crippen LogP contribution is 2.35. The minimum absolute atomic E-state index is 0.225. The van der Waals surface area contributed by atoms with Crippen molar-refractivity contribution < 1.29 is 9.13 Å². The molecule has 1 atom stereocenters. The first-order valence-corrected chi connectivity index (χ1v) is 9.67. The molecule has 26 heavy (non-hydrogen) atoms. The van der Waals surface area contributed by atoms with Crippen LogP contribution in [0, 0.1) is 5.82 Å². The maximum absolute atomic E-state index is 14.4. The molecule has 0 aliphatic carbocycles. The number of fused-ring (bicyclic) bond motifs is 1. The van der Waals surface area contributed by atoms with Gasteiger partial charge in [-0.3, -0.25) is 0 Å². The highest BCUT2D eigenvalue weighted by molar-refractivity contribution is 6.31. The standard InChI is InChI=1S/C21H26ClFN2O/c1-3-25(4-2)12-13-26-16-8-9-17-15(14-16)10-11-24-21(17)20-18(22)6-5-7-19(20)23/h5-9,14,21,24H,3-4,10-13H2,1-2H3. The molecule has 5 heteroatoms. The second-order valence-electron chi connectivity index (χ2n) is 6.51. The Kier molecular flexibility index (Phi) is 6.52. The van der Waals surface area contributed by atoms with Gasteiger partial charge < -0.3 is 15.0 Å². The third-order valence-electron chi connectivity index (χ3n) is 5.03. The molecule has 3 rings (SSSR count). The van der Waals surface area contributed by atoms with Crippen LogP contribution >= 0.6 is 11.6 Å². The van der Waals surface area contributed by atoms with Crippen LogP contribution in [-0.4, -0.2) is 37.7 Å². The second kappa shape index (κ2) is 8.85. The number of ether oxygens (including phenoxy) is 1. The van der Waals surface area contributed by atoms with Crippen LogP contribution in [0.25, 0.3) is 0 Å². The molecule has 1 heterocycles. The van der Waals surface area contributed by atoms with Crippen LogP contribution in [0.15, 0.2) is 36.4 Å². The second-order valence-corrected chi connectivity index (χ2v) is 6.92. The Hall–Kier alpha value is -1.62. The zero-order valence-corrected chi connectivity index (χ0v) is 16.2. The molecule has 0 saturated carbocycles. The molecular formula is C21H26ClFN2O. The summed E-state index contributed by atoms with van der Waals surface area (Å²) in [5.41, 5.74) is 2.78. The molecular weight excluding hydrogens is 351 g/mol. The van der Waals surface area contributed by atoms with E-state index in [0.717, 1.165) is 43.9 Å². The quantitative estimate of drug-likeness (QED) is 0.773. The van der Waals surface area contributed by atoms with Gasteiger partial charge in [0.2, 0.25) is 0 Å². The molecule has 0 aromatic heterocycles. The minimum Gasteiger partial charge on any atom is -0.492 e. The molecule has 140 valence electrons. The van der Waals surface area contributed by atoms with Gasteiger partial charge in [0.15, 0.2) is 0 Å². The van der Waals surface area contributed by atoms with E-state index < -0.39 is 0 Å². The van der Waals surface area contributed by atoms with Gasteiger partial charge in [-0.15, -0.1) is 0 Å². The number of nitrogens with one attached hydrogen (secondary N) is 1. The molecule has 1 aliphatic rings. The van der Waals surface area contributed by atoms with E-state index in [1.807, 2.05) is 12.1 Å². The van der Waals surface area contributed by atoms with Crippen LogP contribution in [0.1, 0.15) is 36.6 Å². The lowest BCUT2D eigenvalue weighted by Gasteiger charge is -2.28. The molecule has 0 fully saturated rings. The van der Waals surface area contributed by atoms with Crippen LogP contribution < -0.4 is 10.1 Å². The summed E-state index contributed by atoms with van der Waals surface area (Å²) in [6.45, 7) is 8.74. The zero-order chi connectivity index (χ0) is 18.5. The van der Waals surface area contributed by atoms with Gasteiger partial charge in [-0.05, 0) is 54.9 Å². The lowest BCUT2D eigenvalue weighted by molar-refractivity contribution is 0.222. The minimum atomic E-state index is -0.276. The fraction of sp³-hybridized carbons (Fsp3) is 0.429. The van der Waals surface area contributed by atoms with Crippen molar-refractivity contribution in [1.82, 2.24) is 10.2 Å². The van der Waals surface area contributed by atoms with Crippen LogP contribution in [-0.2, 0) is 6.42 Å². The third kappa shape index (κ3) is 4.20. The average molecular weight is 377 g/mol. The molecule has 1 unspecified atom stereocenters.